The summed E-state index contributed by atoms with van der Waals surface area (Å²) >= 11 is 3.54. The van der Waals surface area contributed by atoms with Crippen LogP contribution in [-0.2, 0) is 6.54 Å². The molecule has 0 atom stereocenters. The second kappa shape index (κ2) is 6.25. The first-order valence-electron chi connectivity index (χ1n) is 6.10. The van der Waals surface area contributed by atoms with E-state index in [4.69, 9.17) is 9.47 Å². The van der Waals surface area contributed by atoms with E-state index in [-0.39, 0.29) is 0 Å². The van der Waals surface area contributed by atoms with Crippen LogP contribution in [0.5, 0.6) is 11.5 Å². The van der Waals surface area contributed by atoms with E-state index in [0.717, 1.165) is 41.1 Å². The SMILES string of the molecule is C=C(C)CNCc1cc(Br)c2c(c1)OCCCO2. The third-order valence-corrected chi connectivity index (χ3v) is 3.21. The smallest absolute Gasteiger partial charge is 0.175 e. The highest BCUT2D eigenvalue weighted by atomic mass is 79.9. The van der Waals surface area contributed by atoms with Crippen LogP contribution in [0.2, 0.25) is 0 Å². The van der Waals surface area contributed by atoms with E-state index < -0.39 is 0 Å². The fourth-order valence-electron chi connectivity index (χ4n) is 1.81. The number of fused-ring (bicyclic) bond motifs is 1. The molecule has 1 aromatic rings. The van der Waals surface area contributed by atoms with Crippen molar-refractivity contribution in [3.8, 4) is 11.5 Å². The molecule has 1 aliphatic rings. The summed E-state index contributed by atoms with van der Waals surface area (Å²) < 4.78 is 12.3. The van der Waals surface area contributed by atoms with Crippen molar-refractivity contribution >= 4 is 15.9 Å². The van der Waals surface area contributed by atoms with Crippen LogP contribution in [0.15, 0.2) is 28.8 Å². The molecule has 1 N–H and O–H groups in total. The molecule has 1 heterocycles. The Bertz CT molecular complexity index is 446. The molecule has 0 spiro atoms. The van der Waals surface area contributed by atoms with E-state index in [1.807, 2.05) is 13.0 Å². The zero-order chi connectivity index (χ0) is 13.0. The molecule has 2 rings (SSSR count). The lowest BCUT2D eigenvalue weighted by molar-refractivity contribution is 0.296. The van der Waals surface area contributed by atoms with Crippen molar-refractivity contribution in [1.82, 2.24) is 5.32 Å². The van der Waals surface area contributed by atoms with E-state index >= 15 is 0 Å². The number of hydrogen-bond donors (Lipinski definition) is 1. The van der Waals surface area contributed by atoms with Crippen LogP contribution in [0, 0.1) is 0 Å². The Hall–Kier alpha value is -1.00. The summed E-state index contributed by atoms with van der Waals surface area (Å²) in [5, 5.41) is 3.33. The van der Waals surface area contributed by atoms with Gasteiger partial charge in [-0.05, 0) is 40.5 Å². The Morgan fingerprint density at radius 3 is 2.94 bits per heavy atom. The normalized spacial score (nSPS) is 14.1. The van der Waals surface area contributed by atoms with Crippen LogP contribution < -0.4 is 14.8 Å². The second-order valence-electron chi connectivity index (χ2n) is 4.52. The third kappa shape index (κ3) is 3.50. The van der Waals surface area contributed by atoms with E-state index in [2.05, 4.69) is 33.9 Å². The Kier molecular flexibility index (Phi) is 4.66. The fourth-order valence-corrected chi connectivity index (χ4v) is 2.41. The molecule has 0 saturated carbocycles. The number of halogens is 1. The summed E-state index contributed by atoms with van der Waals surface area (Å²) in [4.78, 5) is 0. The highest BCUT2D eigenvalue weighted by Gasteiger charge is 2.14. The Morgan fingerprint density at radius 1 is 1.39 bits per heavy atom. The molecule has 0 saturated heterocycles. The van der Waals surface area contributed by atoms with E-state index in [0.29, 0.717) is 13.2 Å². The van der Waals surface area contributed by atoms with Gasteiger partial charge in [0.05, 0.1) is 17.7 Å². The molecule has 4 heteroatoms. The summed E-state index contributed by atoms with van der Waals surface area (Å²) in [7, 11) is 0. The molecule has 0 unspecified atom stereocenters. The minimum Gasteiger partial charge on any atom is -0.490 e. The molecule has 0 aromatic heterocycles. The molecule has 0 amide bonds. The highest BCUT2D eigenvalue weighted by Crippen LogP contribution is 2.38. The molecule has 0 radical (unpaired) electrons. The first-order chi connectivity index (χ1) is 8.66. The maximum atomic E-state index is 5.70. The summed E-state index contributed by atoms with van der Waals surface area (Å²) in [6.45, 7) is 8.92. The lowest BCUT2D eigenvalue weighted by Crippen LogP contribution is -2.15. The minimum atomic E-state index is 0.707. The van der Waals surface area contributed by atoms with Crippen LogP contribution >= 0.6 is 15.9 Å². The largest absolute Gasteiger partial charge is 0.490 e. The van der Waals surface area contributed by atoms with Crippen molar-refractivity contribution < 1.29 is 9.47 Å². The second-order valence-corrected chi connectivity index (χ2v) is 5.37. The van der Waals surface area contributed by atoms with Crippen LogP contribution in [-0.4, -0.2) is 19.8 Å². The topological polar surface area (TPSA) is 30.5 Å². The fraction of sp³-hybridized carbons (Fsp3) is 0.429. The number of hydrogen-bond acceptors (Lipinski definition) is 3. The maximum absolute atomic E-state index is 5.70. The highest BCUT2D eigenvalue weighted by molar-refractivity contribution is 9.10. The molecule has 0 fully saturated rings. The van der Waals surface area contributed by atoms with E-state index in [1.165, 1.54) is 5.56 Å². The molecule has 3 nitrogen and oxygen atoms in total. The van der Waals surface area contributed by atoms with Gasteiger partial charge in [-0.1, -0.05) is 12.2 Å². The van der Waals surface area contributed by atoms with Crippen molar-refractivity contribution in [3.63, 3.8) is 0 Å². The molecule has 0 bridgehead atoms. The van der Waals surface area contributed by atoms with Crippen LogP contribution in [0.1, 0.15) is 18.9 Å². The lowest BCUT2D eigenvalue weighted by Gasteiger charge is -2.12. The van der Waals surface area contributed by atoms with E-state index in [1.54, 1.807) is 0 Å². The van der Waals surface area contributed by atoms with Crippen molar-refractivity contribution in [3.05, 3.63) is 34.3 Å². The first-order valence-corrected chi connectivity index (χ1v) is 6.89. The van der Waals surface area contributed by atoms with Gasteiger partial charge < -0.3 is 14.8 Å². The number of rotatable bonds is 4. The molecule has 1 aliphatic heterocycles. The number of benzene rings is 1. The maximum Gasteiger partial charge on any atom is 0.175 e. The zero-order valence-corrected chi connectivity index (χ0v) is 12.2. The average molecular weight is 312 g/mol. The van der Waals surface area contributed by atoms with Crippen LogP contribution in [0.3, 0.4) is 0 Å². The summed E-state index contributed by atoms with van der Waals surface area (Å²) in [5.74, 6) is 1.64. The Labute approximate surface area is 116 Å². The van der Waals surface area contributed by atoms with Gasteiger partial charge in [-0.3, -0.25) is 0 Å². The van der Waals surface area contributed by atoms with Gasteiger partial charge in [0, 0.05) is 19.5 Å². The van der Waals surface area contributed by atoms with Gasteiger partial charge in [0.15, 0.2) is 11.5 Å². The minimum absolute atomic E-state index is 0.707. The molecular formula is C14H18BrNO2. The van der Waals surface area contributed by atoms with Crippen molar-refractivity contribution in [1.29, 1.82) is 0 Å². The van der Waals surface area contributed by atoms with Crippen molar-refractivity contribution in [2.24, 2.45) is 0 Å². The standard InChI is InChI=1S/C14H18BrNO2/c1-10(2)8-16-9-11-6-12(15)14-13(7-11)17-4-3-5-18-14/h6-7,16H,1,3-5,8-9H2,2H3. The summed E-state index contributed by atoms with van der Waals surface area (Å²) in [5.41, 5.74) is 2.30. The average Bonchev–Trinajstić information content (AvgIpc) is 2.54. The quantitative estimate of drug-likeness (QED) is 0.866. The Morgan fingerprint density at radius 2 is 2.17 bits per heavy atom. The number of ether oxygens (including phenoxy) is 2. The van der Waals surface area contributed by atoms with Crippen molar-refractivity contribution in [2.75, 3.05) is 19.8 Å². The number of nitrogens with one attached hydrogen (secondary N) is 1. The molecule has 18 heavy (non-hydrogen) atoms. The van der Waals surface area contributed by atoms with Gasteiger partial charge in [-0.2, -0.15) is 0 Å². The monoisotopic (exact) mass is 311 g/mol. The predicted octanol–water partition coefficient (Wildman–Crippen LogP) is 3.28. The zero-order valence-electron chi connectivity index (χ0n) is 10.6. The third-order valence-electron chi connectivity index (χ3n) is 2.62. The predicted molar refractivity (Wildman–Crippen MR) is 76.3 cm³/mol. The van der Waals surface area contributed by atoms with Gasteiger partial charge in [0.1, 0.15) is 0 Å². The van der Waals surface area contributed by atoms with Crippen LogP contribution in [0.25, 0.3) is 0 Å². The van der Waals surface area contributed by atoms with Gasteiger partial charge in [-0.15, -0.1) is 0 Å². The Balaban J connectivity index is 2.10. The van der Waals surface area contributed by atoms with E-state index in [9.17, 15) is 0 Å². The van der Waals surface area contributed by atoms with Crippen LogP contribution in [0.4, 0.5) is 0 Å². The van der Waals surface area contributed by atoms with Gasteiger partial charge in [0.2, 0.25) is 0 Å². The lowest BCUT2D eigenvalue weighted by atomic mass is 10.2. The summed E-state index contributed by atoms with van der Waals surface area (Å²) in [6, 6.07) is 4.11. The molecule has 98 valence electrons. The van der Waals surface area contributed by atoms with Crippen molar-refractivity contribution in [2.45, 2.75) is 19.9 Å². The van der Waals surface area contributed by atoms with Gasteiger partial charge in [-0.25, -0.2) is 0 Å². The van der Waals surface area contributed by atoms with Gasteiger partial charge in [0.25, 0.3) is 0 Å². The molecular weight excluding hydrogens is 294 g/mol. The van der Waals surface area contributed by atoms with Gasteiger partial charge >= 0.3 is 0 Å². The molecule has 1 aromatic carbocycles. The summed E-state index contributed by atoms with van der Waals surface area (Å²) in [6.07, 6.45) is 0.921. The molecule has 0 aliphatic carbocycles. The first kappa shape index (κ1) is 13.4.